The van der Waals surface area contributed by atoms with Gasteiger partial charge in [-0.15, -0.1) is 0 Å². The highest BCUT2D eigenvalue weighted by molar-refractivity contribution is 9.10. The van der Waals surface area contributed by atoms with Crippen molar-refractivity contribution < 1.29 is 9.21 Å². The molecule has 1 aromatic heterocycles. The zero-order chi connectivity index (χ0) is 18.8. The molecule has 0 atom stereocenters. The standard InChI is InChI=1S/C22H14BrNO3/c23-19-10-3-2-9-17(19)21(25)24-16-8-5-7-14(12-16)18-13-15-6-1-4-11-20(15)27-22(18)26/h1-13H,(H,24,25). The van der Waals surface area contributed by atoms with Crippen molar-refractivity contribution in [1.29, 1.82) is 0 Å². The summed E-state index contributed by atoms with van der Waals surface area (Å²) in [6.07, 6.45) is 0. The Morgan fingerprint density at radius 1 is 0.889 bits per heavy atom. The van der Waals surface area contributed by atoms with Crippen LogP contribution >= 0.6 is 15.9 Å². The number of benzene rings is 3. The molecule has 4 rings (SSSR count). The summed E-state index contributed by atoms with van der Waals surface area (Å²) in [6, 6.07) is 23.5. The summed E-state index contributed by atoms with van der Waals surface area (Å²) < 4.78 is 6.12. The van der Waals surface area contributed by atoms with Crippen LogP contribution in [0.3, 0.4) is 0 Å². The first-order valence-electron chi connectivity index (χ1n) is 8.31. The van der Waals surface area contributed by atoms with Gasteiger partial charge in [0, 0.05) is 15.5 Å². The molecule has 0 unspecified atom stereocenters. The normalized spacial score (nSPS) is 10.7. The molecular weight excluding hydrogens is 406 g/mol. The summed E-state index contributed by atoms with van der Waals surface area (Å²) in [5.74, 6) is -0.231. The number of halogens is 1. The van der Waals surface area contributed by atoms with Crippen LogP contribution in [0.25, 0.3) is 22.1 Å². The summed E-state index contributed by atoms with van der Waals surface area (Å²) in [5.41, 5.74) is 2.40. The molecule has 0 aliphatic carbocycles. The minimum atomic E-state index is -0.414. The van der Waals surface area contributed by atoms with Crippen molar-refractivity contribution in [3.8, 4) is 11.1 Å². The average Bonchev–Trinajstić information content (AvgIpc) is 2.68. The highest BCUT2D eigenvalue weighted by Crippen LogP contribution is 2.24. The van der Waals surface area contributed by atoms with Crippen LogP contribution in [-0.4, -0.2) is 5.91 Å². The fourth-order valence-electron chi connectivity index (χ4n) is 2.87. The van der Waals surface area contributed by atoms with Crippen molar-refractivity contribution >= 4 is 38.5 Å². The number of carbonyl (C=O) groups is 1. The van der Waals surface area contributed by atoms with Gasteiger partial charge >= 0.3 is 5.63 Å². The Balaban J connectivity index is 1.69. The zero-order valence-corrected chi connectivity index (χ0v) is 15.7. The summed E-state index contributed by atoms with van der Waals surface area (Å²) in [4.78, 5) is 24.9. The third-order valence-corrected chi connectivity index (χ3v) is 4.88. The lowest BCUT2D eigenvalue weighted by molar-refractivity contribution is 0.102. The number of nitrogens with one attached hydrogen (secondary N) is 1. The lowest BCUT2D eigenvalue weighted by atomic mass is 10.1. The van der Waals surface area contributed by atoms with Gasteiger partial charge in [-0.3, -0.25) is 4.79 Å². The van der Waals surface area contributed by atoms with Crippen molar-refractivity contribution in [2.24, 2.45) is 0 Å². The molecule has 3 aromatic carbocycles. The minimum Gasteiger partial charge on any atom is -0.422 e. The predicted octanol–water partition coefficient (Wildman–Crippen LogP) is 5.47. The third kappa shape index (κ3) is 3.55. The second-order valence-corrected chi connectivity index (χ2v) is 6.85. The van der Waals surface area contributed by atoms with E-state index in [4.69, 9.17) is 4.42 Å². The van der Waals surface area contributed by atoms with E-state index in [-0.39, 0.29) is 5.91 Å². The topological polar surface area (TPSA) is 59.3 Å². The first-order valence-corrected chi connectivity index (χ1v) is 9.10. The zero-order valence-electron chi connectivity index (χ0n) is 14.1. The van der Waals surface area contributed by atoms with E-state index in [1.54, 1.807) is 42.5 Å². The lowest BCUT2D eigenvalue weighted by Gasteiger charge is -2.09. The highest BCUT2D eigenvalue weighted by Gasteiger charge is 2.12. The molecular formula is C22H14BrNO3. The molecule has 1 N–H and O–H groups in total. The van der Waals surface area contributed by atoms with Gasteiger partial charge in [0.05, 0.1) is 11.1 Å². The molecule has 5 heteroatoms. The van der Waals surface area contributed by atoms with Crippen LogP contribution in [0.2, 0.25) is 0 Å². The summed E-state index contributed by atoms with van der Waals surface area (Å²) in [7, 11) is 0. The number of anilines is 1. The maximum Gasteiger partial charge on any atom is 0.344 e. The Bertz CT molecular complexity index is 1210. The molecule has 0 saturated heterocycles. The van der Waals surface area contributed by atoms with Crippen molar-refractivity contribution in [3.05, 3.63) is 99.3 Å². The van der Waals surface area contributed by atoms with E-state index < -0.39 is 5.63 Å². The number of fused-ring (bicyclic) bond motifs is 1. The van der Waals surface area contributed by atoms with Crippen LogP contribution < -0.4 is 10.9 Å². The summed E-state index contributed by atoms with van der Waals surface area (Å²) >= 11 is 3.38. The number of hydrogen-bond acceptors (Lipinski definition) is 3. The quantitative estimate of drug-likeness (QED) is 0.447. The Kier molecular flexibility index (Phi) is 4.60. The average molecular weight is 420 g/mol. The first kappa shape index (κ1) is 17.2. The summed E-state index contributed by atoms with van der Waals surface area (Å²) in [5, 5.41) is 3.71. The molecule has 132 valence electrons. The van der Waals surface area contributed by atoms with Crippen LogP contribution in [0.4, 0.5) is 5.69 Å². The van der Waals surface area contributed by atoms with Crippen molar-refractivity contribution in [2.45, 2.75) is 0 Å². The van der Waals surface area contributed by atoms with E-state index in [9.17, 15) is 9.59 Å². The smallest absolute Gasteiger partial charge is 0.344 e. The second kappa shape index (κ2) is 7.21. The van der Waals surface area contributed by atoms with Crippen LogP contribution in [0.1, 0.15) is 10.4 Å². The Labute approximate surface area is 163 Å². The van der Waals surface area contributed by atoms with E-state index in [0.717, 1.165) is 5.39 Å². The largest absolute Gasteiger partial charge is 0.422 e. The molecule has 0 aliphatic rings. The maximum absolute atomic E-state index is 12.5. The summed E-state index contributed by atoms with van der Waals surface area (Å²) in [6.45, 7) is 0. The molecule has 4 nitrogen and oxygen atoms in total. The Morgan fingerprint density at radius 2 is 1.67 bits per heavy atom. The molecule has 0 radical (unpaired) electrons. The third-order valence-electron chi connectivity index (χ3n) is 4.19. The molecule has 1 amide bonds. The number of para-hydroxylation sites is 1. The SMILES string of the molecule is O=C(Nc1cccc(-c2cc3ccccc3oc2=O)c1)c1ccccc1Br. The molecule has 1 heterocycles. The van der Waals surface area contributed by atoms with Gasteiger partial charge in [-0.05, 0) is 57.9 Å². The number of hydrogen-bond donors (Lipinski definition) is 1. The minimum absolute atomic E-state index is 0.231. The highest BCUT2D eigenvalue weighted by atomic mass is 79.9. The number of rotatable bonds is 3. The van der Waals surface area contributed by atoms with Gasteiger partial charge in [-0.25, -0.2) is 4.79 Å². The molecule has 27 heavy (non-hydrogen) atoms. The molecule has 0 spiro atoms. The molecule has 0 aliphatic heterocycles. The van der Waals surface area contributed by atoms with Crippen molar-refractivity contribution in [2.75, 3.05) is 5.32 Å². The van der Waals surface area contributed by atoms with Gasteiger partial charge in [0.25, 0.3) is 5.91 Å². The molecule has 0 saturated carbocycles. The lowest BCUT2D eigenvalue weighted by Crippen LogP contribution is -2.12. The van der Waals surface area contributed by atoms with Gasteiger partial charge in [0.2, 0.25) is 0 Å². The maximum atomic E-state index is 12.5. The van der Waals surface area contributed by atoms with Gasteiger partial charge in [0.15, 0.2) is 0 Å². The molecule has 0 bridgehead atoms. The van der Waals surface area contributed by atoms with Crippen LogP contribution in [0.5, 0.6) is 0 Å². The number of carbonyl (C=O) groups excluding carboxylic acids is 1. The second-order valence-electron chi connectivity index (χ2n) is 6.00. The van der Waals surface area contributed by atoms with Crippen molar-refractivity contribution in [1.82, 2.24) is 0 Å². The Hall–Kier alpha value is -3.18. The monoisotopic (exact) mass is 419 g/mol. The van der Waals surface area contributed by atoms with E-state index in [1.807, 2.05) is 36.4 Å². The molecule has 4 aromatic rings. The first-order chi connectivity index (χ1) is 13.1. The number of amides is 1. The van der Waals surface area contributed by atoms with Crippen LogP contribution in [0, 0.1) is 0 Å². The van der Waals surface area contributed by atoms with E-state index >= 15 is 0 Å². The fraction of sp³-hybridized carbons (Fsp3) is 0. The predicted molar refractivity (Wildman–Crippen MR) is 110 cm³/mol. The van der Waals surface area contributed by atoms with E-state index in [0.29, 0.717) is 32.4 Å². The van der Waals surface area contributed by atoms with Crippen LogP contribution in [0.15, 0.2) is 92.5 Å². The van der Waals surface area contributed by atoms with Crippen molar-refractivity contribution in [3.63, 3.8) is 0 Å². The van der Waals surface area contributed by atoms with Gasteiger partial charge in [0.1, 0.15) is 5.58 Å². The van der Waals surface area contributed by atoms with E-state index in [1.165, 1.54) is 0 Å². The van der Waals surface area contributed by atoms with E-state index in [2.05, 4.69) is 21.2 Å². The molecule has 0 fully saturated rings. The van der Waals surface area contributed by atoms with Gasteiger partial charge < -0.3 is 9.73 Å². The van der Waals surface area contributed by atoms with Gasteiger partial charge in [-0.2, -0.15) is 0 Å². The Morgan fingerprint density at radius 3 is 2.52 bits per heavy atom. The van der Waals surface area contributed by atoms with Gasteiger partial charge in [-0.1, -0.05) is 42.5 Å². The van der Waals surface area contributed by atoms with Crippen LogP contribution in [-0.2, 0) is 0 Å². The fourth-order valence-corrected chi connectivity index (χ4v) is 3.34.